The van der Waals surface area contributed by atoms with Gasteiger partial charge < -0.3 is 61.8 Å². The molecule has 19 rings (SSSR count). The van der Waals surface area contributed by atoms with E-state index >= 15 is 8.78 Å². The number of cyclic esters (lactones) is 3. The minimum Gasteiger partial charge on any atom is -0.449 e. The highest BCUT2D eigenvalue weighted by atomic mass is 32.1. The number of ketones is 1. The lowest BCUT2D eigenvalue weighted by Gasteiger charge is -2.30. The fourth-order valence-corrected chi connectivity index (χ4v) is 17.1. The molecule has 5 aromatic heterocycles. The van der Waals surface area contributed by atoms with Gasteiger partial charge in [0, 0.05) is 155 Å². The number of carbonyl (C=O) groups excluding carboxylic acids is 9. The Morgan fingerprint density at radius 3 is 1.26 bits per heavy atom. The highest BCUT2D eigenvalue weighted by molar-refractivity contribution is 7.16. The van der Waals surface area contributed by atoms with Crippen LogP contribution in [0.4, 0.5) is 82.9 Å². The number of imidazole rings is 4. The summed E-state index contributed by atoms with van der Waals surface area (Å²) in [5.74, 6) is -1.31. The van der Waals surface area contributed by atoms with Gasteiger partial charge in [-0.25, -0.2) is 48.1 Å². The highest BCUT2D eigenvalue weighted by Crippen LogP contribution is 2.39. The molecule has 0 aliphatic carbocycles. The molecule has 0 spiro atoms. The molecule has 8 aromatic carbocycles. The molecular formula is C95H93F5N18O17S. The molecule has 6 aliphatic heterocycles. The third-order valence-corrected chi connectivity index (χ3v) is 24.4. The lowest BCUT2D eigenvalue weighted by Crippen LogP contribution is -2.41. The molecule has 41 heteroatoms. The number of halogens is 5. The van der Waals surface area contributed by atoms with E-state index in [0.717, 1.165) is 45.9 Å². The first-order chi connectivity index (χ1) is 65.7. The molecule has 0 bridgehead atoms. The van der Waals surface area contributed by atoms with E-state index in [2.05, 4.69) is 46.2 Å². The van der Waals surface area contributed by atoms with Gasteiger partial charge in [-0.3, -0.25) is 64.7 Å². The number of carbonyl (C=O) groups is 9. The van der Waals surface area contributed by atoms with E-state index in [0.29, 0.717) is 200 Å². The van der Waals surface area contributed by atoms with Gasteiger partial charge in [0.25, 0.3) is 29.5 Å². The SMILES string of the molecule is CC(=O)c1cccc(C(=O)Nc2nc3cc(N4CCOCC4=O)ccc3n2CCCO)c1.N#Cc1cccc(C(=O)Nc2nc3cc(N4CCCOC4=O)ccc3n2CC2(F)CCOCC2)c1.O=C(Nc1nc2cc(N3CCCOC3=O)ccc2n1CC1(F)CCOCC1)c1cccc(C(F)(F)F)c1.O=C(Nc1nc2cc(N3CCCOC3=O)ccc2n1CCCO)c1ccc2scnc2c1. The van der Waals surface area contributed by atoms with Crippen LogP contribution in [0.25, 0.3) is 54.4 Å². The van der Waals surface area contributed by atoms with Crippen molar-refractivity contribution < 1.29 is 104 Å². The quantitative estimate of drug-likeness (QED) is 0.0197. The third-order valence-electron chi connectivity index (χ3n) is 23.5. The standard InChI is InChI=1S/C25H24F4N4O4.C25H24FN5O4.C23H24N4O5.C22H21N5O4S/c26-24(7-11-36-12-8-24)15-33-20-6-5-18(32-9-2-10-37-23(32)35)14-19(20)30-22(33)31-21(34)16-3-1-4-17(13-16)25(27,28)29;26-25(7-11-34-12-8-25)16-31-21-6-5-19(30-9-2-10-35-24(30)33)14-20(21)28-23(31)29-22(32)18-4-1-3-17(13-18)15-27;1-15(29)16-4-2-5-17(12-16)22(31)25-23-24-19-13-18(26-9-11-32-14-21(26)30)6-7-20(19)27(23)8-3-10-28;28-9-1-7-27-18-5-4-15(26-8-2-10-31-22(26)30)12-16(18)24-21(27)25-20(29)14-3-6-19-17(11-14)23-13-32-19/h1,3-6,13-14H,2,7-12,15H2,(H,30,31,34);1,3-6,13-14H,2,7-12,16H2,(H,28,29,32);2,4-7,12-13,28H,3,8-11,14H2,1H3,(H,24,25,31);3-6,11-13,28H,1-2,7-10H2,(H,24,25,29). The molecule has 6 aliphatic rings. The number of ether oxygens (including phenoxy) is 6. The molecule has 35 nitrogen and oxygen atoms in total. The van der Waals surface area contributed by atoms with Gasteiger partial charge in [0.1, 0.15) is 17.9 Å². The summed E-state index contributed by atoms with van der Waals surface area (Å²) in [4.78, 5) is 141. The number of fused-ring (bicyclic) bond motifs is 5. The Morgan fingerprint density at radius 1 is 0.449 bits per heavy atom. The summed E-state index contributed by atoms with van der Waals surface area (Å²) in [5.41, 5.74) is 7.54. The van der Waals surface area contributed by atoms with E-state index in [4.69, 9.17) is 33.7 Å². The third kappa shape index (κ3) is 21.9. The lowest BCUT2D eigenvalue weighted by atomic mass is 9.96. The number of hydrogen-bond acceptors (Lipinski definition) is 24. The van der Waals surface area contributed by atoms with Gasteiger partial charge >= 0.3 is 24.5 Å². The van der Waals surface area contributed by atoms with Crippen molar-refractivity contribution in [3.8, 4) is 6.07 Å². The minimum absolute atomic E-state index is 0.00587. The zero-order chi connectivity index (χ0) is 95.4. The summed E-state index contributed by atoms with van der Waals surface area (Å²) >= 11 is 1.52. The Balaban J connectivity index is 0.000000132. The highest BCUT2D eigenvalue weighted by Gasteiger charge is 2.39. The first-order valence-corrected chi connectivity index (χ1v) is 44.9. The van der Waals surface area contributed by atoms with Crippen LogP contribution in [0.3, 0.4) is 0 Å². The molecular weight excluding hydrogens is 1790 g/mol. The van der Waals surface area contributed by atoms with Crippen LogP contribution in [0.1, 0.15) is 128 Å². The van der Waals surface area contributed by atoms with Gasteiger partial charge in [0.05, 0.1) is 117 Å². The van der Waals surface area contributed by atoms with Crippen LogP contribution < -0.4 is 40.9 Å². The number of nitriles is 1. The van der Waals surface area contributed by atoms with Crippen molar-refractivity contribution in [2.45, 2.75) is 108 Å². The summed E-state index contributed by atoms with van der Waals surface area (Å²) in [6, 6.07) is 45.5. The molecule has 6 saturated heterocycles. The number of nitrogens with one attached hydrogen (secondary N) is 4. The Bertz CT molecular complexity index is 6760. The van der Waals surface area contributed by atoms with Crippen molar-refractivity contribution in [3.05, 3.63) is 208 Å². The zero-order valence-corrected chi connectivity index (χ0v) is 74.4. The Kier molecular flexibility index (Phi) is 29.1. The van der Waals surface area contributed by atoms with Crippen LogP contribution >= 0.6 is 11.3 Å². The Morgan fingerprint density at radius 2 is 0.846 bits per heavy atom. The molecule has 13 aromatic rings. The number of nitrogens with zero attached hydrogens (tertiary/aromatic N) is 14. The van der Waals surface area contributed by atoms with Crippen molar-refractivity contribution >= 4 is 166 Å². The molecule has 0 radical (unpaired) electrons. The van der Waals surface area contributed by atoms with Crippen LogP contribution in [-0.2, 0) is 65.6 Å². The van der Waals surface area contributed by atoms with E-state index in [9.17, 15) is 66.5 Å². The van der Waals surface area contributed by atoms with E-state index in [1.54, 1.807) is 117 Å². The van der Waals surface area contributed by atoms with Crippen LogP contribution in [0, 0.1) is 11.3 Å². The molecule has 11 heterocycles. The molecule has 6 N–H and O–H groups in total. The number of thiazole rings is 1. The topological polar surface area (TPSA) is 419 Å². The summed E-state index contributed by atoms with van der Waals surface area (Å²) in [5, 5.41) is 38.8. The fraction of sp³-hybridized carbons (Fsp3) is 0.337. The summed E-state index contributed by atoms with van der Waals surface area (Å²) in [6.45, 7) is 7.08. The van der Waals surface area contributed by atoms with Crippen molar-refractivity contribution in [2.24, 2.45) is 0 Å². The van der Waals surface area contributed by atoms with Crippen LogP contribution in [0.2, 0.25) is 0 Å². The molecule has 0 saturated carbocycles. The van der Waals surface area contributed by atoms with Gasteiger partial charge in [-0.05, 0) is 179 Å². The van der Waals surface area contributed by atoms with Gasteiger partial charge in [-0.1, -0.05) is 24.3 Å². The first-order valence-electron chi connectivity index (χ1n) is 44.0. The second-order valence-corrected chi connectivity index (χ2v) is 33.7. The summed E-state index contributed by atoms with van der Waals surface area (Å²) in [6.07, 6.45) is -2.01. The van der Waals surface area contributed by atoms with Crippen molar-refractivity contribution in [1.82, 2.24) is 43.2 Å². The average molecular weight is 1890 g/mol. The Hall–Kier alpha value is -14.7. The van der Waals surface area contributed by atoms with Crippen LogP contribution in [0.15, 0.2) is 169 Å². The Labute approximate surface area is 776 Å². The average Bonchev–Trinajstić information content (AvgIpc) is 1.64. The number of aromatic nitrogens is 9. The number of anilines is 8. The minimum atomic E-state index is -4.61. The maximum atomic E-state index is 15.7. The van der Waals surface area contributed by atoms with Crippen molar-refractivity contribution in [1.29, 1.82) is 5.26 Å². The number of alkyl halides is 5. The number of amides is 8. The van der Waals surface area contributed by atoms with E-state index < -0.39 is 53.0 Å². The zero-order valence-electron chi connectivity index (χ0n) is 73.5. The molecule has 136 heavy (non-hydrogen) atoms. The second kappa shape index (κ2) is 41.8. The molecule has 8 amide bonds. The first kappa shape index (κ1) is 94.5. The smallest absolute Gasteiger partial charge is 0.416 e. The number of benzene rings is 8. The van der Waals surface area contributed by atoms with Gasteiger partial charge in [0.15, 0.2) is 5.78 Å². The van der Waals surface area contributed by atoms with Crippen molar-refractivity contribution in [2.75, 3.05) is 140 Å². The number of aliphatic hydroxyl groups excluding tert-OH is 2. The number of hydrogen-bond donors (Lipinski definition) is 6. The maximum absolute atomic E-state index is 15.7. The number of rotatable bonds is 23. The fourth-order valence-electron chi connectivity index (χ4n) is 16.4. The molecule has 706 valence electrons. The largest absolute Gasteiger partial charge is 0.449 e. The number of aliphatic hydroxyl groups is 2. The number of Topliss-reactive ketones (excluding diaryl/α,β-unsaturated/α-hetero) is 1. The summed E-state index contributed by atoms with van der Waals surface area (Å²) in [7, 11) is 0. The van der Waals surface area contributed by atoms with Crippen LogP contribution in [-0.4, -0.2) is 217 Å². The normalized spacial score (nSPS) is 16.1. The number of morpholine rings is 1. The monoisotopic (exact) mass is 1880 g/mol. The van der Waals surface area contributed by atoms with E-state index in [-0.39, 0.29) is 113 Å². The maximum Gasteiger partial charge on any atom is 0.416 e. The molecule has 0 unspecified atom stereocenters. The van der Waals surface area contributed by atoms with E-state index in [1.165, 1.54) is 44.8 Å². The van der Waals surface area contributed by atoms with Gasteiger partial charge in [0.2, 0.25) is 23.8 Å². The predicted octanol–water partition coefficient (Wildman–Crippen LogP) is 15.1. The second-order valence-electron chi connectivity index (χ2n) is 32.8. The van der Waals surface area contributed by atoms with Crippen molar-refractivity contribution in [3.63, 3.8) is 0 Å². The predicted molar refractivity (Wildman–Crippen MR) is 494 cm³/mol. The van der Waals surface area contributed by atoms with Crippen LogP contribution in [0.5, 0.6) is 0 Å². The number of aryl methyl sites for hydroxylation is 2. The molecule has 6 fully saturated rings. The van der Waals surface area contributed by atoms with E-state index in [1.807, 2.05) is 51.6 Å². The molecule has 0 atom stereocenters. The lowest BCUT2D eigenvalue weighted by molar-refractivity contribution is -0.137. The van der Waals surface area contributed by atoms with Gasteiger partial charge in [-0.15, -0.1) is 11.3 Å². The summed E-state index contributed by atoms with van der Waals surface area (Å²) < 4.78 is 110. The van der Waals surface area contributed by atoms with Gasteiger partial charge in [-0.2, -0.15) is 18.4 Å².